The standard InChI is InChI=1S/C14H23NO4/c16-13(7-3-6-11-4-1-2-5-11)15-8-9-19-10-12(15)14(17)18/h11-12H,1-10H2,(H,17,18). The molecule has 0 aromatic heterocycles. The van der Waals surface area contributed by atoms with Gasteiger partial charge in [0.1, 0.15) is 0 Å². The highest BCUT2D eigenvalue weighted by atomic mass is 16.5. The van der Waals surface area contributed by atoms with Gasteiger partial charge in [0, 0.05) is 13.0 Å². The second-order valence-corrected chi connectivity index (χ2v) is 5.56. The molecule has 2 aliphatic rings. The Labute approximate surface area is 113 Å². The number of nitrogens with zero attached hydrogens (tertiary/aromatic N) is 1. The Hall–Kier alpha value is -1.10. The van der Waals surface area contributed by atoms with Crippen molar-refractivity contribution in [2.75, 3.05) is 19.8 Å². The average Bonchev–Trinajstić information content (AvgIpc) is 2.91. The van der Waals surface area contributed by atoms with Gasteiger partial charge in [-0.2, -0.15) is 0 Å². The van der Waals surface area contributed by atoms with Crippen molar-refractivity contribution in [1.82, 2.24) is 4.90 Å². The van der Waals surface area contributed by atoms with Gasteiger partial charge >= 0.3 is 5.97 Å². The van der Waals surface area contributed by atoms with Crippen LogP contribution >= 0.6 is 0 Å². The number of ether oxygens (including phenoxy) is 1. The normalized spacial score (nSPS) is 24.6. The van der Waals surface area contributed by atoms with Gasteiger partial charge in [-0.15, -0.1) is 0 Å². The van der Waals surface area contributed by atoms with Gasteiger partial charge in [-0.25, -0.2) is 4.79 Å². The Bertz CT molecular complexity index is 325. The molecule has 0 radical (unpaired) electrons. The van der Waals surface area contributed by atoms with Crippen LogP contribution in [0.3, 0.4) is 0 Å². The first-order valence-corrected chi connectivity index (χ1v) is 7.28. The number of carbonyl (C=O) groups excluding carboxylic acids is 1. The summed E-state index contributed by atoms with van der Waals surface area (Å²) in [5.41, 5.74) is 0. The van der Waals surface area contributed by atoms with Crippen LogP contribution in [0.4, 0.5) is 0 Å². The molecule has 1 saturated carbocycles. The summed E-state index contributed by atoms with van der Waals surface area (Å²) in [6.45, 7) is 0.959. The summed E-state index contributed by atoms with van der Waals surface area (Å²) < 4.78 is 5.13. The fourth-order valence-corrected chi connectivity index (χ4v) is 3.09. The minimum atomic E-state index is -0.969. The number of amides is 1. The molecule has 1 heterocycles. The second-order valence-electron chi connectivity index (χ2n) is 5.56. The quantitative estimate of drug-likeness (QED) is 0.824. The fourth-order valence-electron chi connectivity index (χ4n) is 3.09. The van der Waals surface area contributed by atoms with Crippen LogP contribution in [0.1, 0.15) is 44.9 Å². The van der Waals surface area contributed by atoms with Crippen LogP contribution in [0.5, 0.6) is 0 Å². The van der Waals surface area contributed by atoms with E-state index in [9.17, 15) is 9.59 Å². The molecule has 5 heteroatoms. The lowest BCUT2D eigenvalue weighted by atomic mass is 10.0. The zero-order valence-corrected chi connectivity index (χ0v) is 11.3. The molecule has 1 amide bonds. The van der Waals surface area contributed by atoms with Gasteiger partial charge in [-0.3, -0.25) is 4.79 Å². The van der Waals surface area contributed by atoms with Crippen LogP contribution < -0.4 is 0 Å². The first-order chi connectivity index (χ1) is 9.18. The molecule has 1 aliphatic heterocycles. The Morgan fingerprint density at radius 2 is 2.00 bits per heavy atom. The monoisotopic (exact) mass is 269 g/mol. The Morgan fingerprint density at radius 1 is 1.26 bits per heavy atom. The summed E-state index contributed by atoms with van der Waals surface area (Å²) in [6.07, 6.45) is 7.70. The van der Waals surface area contributed by atoms with E-state index < -0.39 is 12.0 Å². The highest BCUT2D eigenvalue weighted by Crippen LogP contribution is 2.29. The molecule has 1 saturated heterocycles. The molecule has 2 rings (SSSR count). The molecule has 1 N–H and O–H groups in total. The molecule has 2 fully saturated rings. The fraction of sp³-hybridized carbons (Fsp3) is 0.857. The van der Waals surface area contributed by atoms with Crippen molar-refractivity contribution >= 4 is 11.9 Å². The molecule has 0 aromatic carbocycles. The van der Waals surface area contributed by atoms with Crippen LogP contribution in [0.25, 0.3) is 0 Å². The zero-order chi connectivity index (χ0) is 13.7. The van der Waals surface area contributed by atoms with Gasteiger partial charge in [-0.1, -0.05) is 25.7 Å². The van der Waals surface area contributed by atoms with E-state index in [2.05, 4.69) is 0 Å². The van der Waals surface area contributed by atoms with Crippen LogP contribution in [-0.4, -0.2) is 47.7 Å². The third-order valence-electron chi connectivity index (χ3n) is 4.21. The lowest BCUT2D eigenvalue weighted by Crippen LogP contribution is -2.52. The van der Waals surface area contributed by atoms with Crippen molar-refractivity contribution in [3.8, 4) is 0 Å². The zero-order valence-electron chi connectivity index (χ0n) is 11.3. The maximum Gasteiger partial charge on any atom is 0.328 e. The summed E-state index contributed by atoms with van der Waals surface area (Å²) in [5.74, 6) is -0.217. The molecule has 0 aromatic rings. The van der Waals surface area contributed by atoms with Crippen LogP contribution in [0, 0.1) is 5.92 Å². The Kier molecular flexibility index (Phi) is 5.19. The summed E-state index contributed by atoms with van der Waals surface area (Å²) in [7, 11) is 0. The lowest BCUT2D eigenvalue weighted by molar-refractivity contribution is -0.158. The number of rotatable bonds is 5. The predicted molar refractivity (Wildman–Crippen MR) is 69.8 cm³/mol. The van der Waals surface area contributed by atoms with Gasteiger partial charge in [0.05, 0.1) is 13.2 Å². The lowest BCUT2D eigenvalue weighted by Gasteiger charge is -2.33. The van der Waals surface area contributed by atoms with Crippen molar-refractivity contribution in [1.29, 1.82) is 0 Å². The molecule has 1 atom stereocenters. The van der Waals surface area contributed by atoms with Crippen LogP contribution in [-0.2, 0) is 14.3 Å². The van der Waals surface area contributed by atoms with Crippen LogP contribution in [0.15, 0.2) is 0 Å². The van der Waals surface area contributed by atoms with E-state index in [1.807, 2.05) is 0 Å². The minimum Gasteiger partial charge on any atom is -0.480 e. The minimum absolute atomic E-state index is 0.0336. The molecular formula is C14H23NO4. The third kappa shape index (κ3) is 3.93. The molecule has 19 heavy (non-hydrogen) atoms. The van der Waals surface area contributed by atoms with Crippen molar-refractivity contribution in [2.45, 2.75) is 51.0 Å². The van der Waals surface area contributed by atoms with Gasteiger partial charge in [0.15, 0.2) is 6.04 Å². The van der Waals surface area contributed by atoms with Gasteiger partial charge in [0.25, 0.3) is 0 Å². The summed E-state index contributed by atoms with van der Waals surface area (Å²) in [6, 6.07) is -0.798. The van der Waals surface area contributed by atoms with E-state index in [1.165, 1.54) is 30.6 Å². The van der Waals surface area contributed by atoms with E-state index >= 15 is 0 Å². The molecule has 108 valence electrons. The second kappa shape index (κ2) is 6.89. The number of morpholine rings is 1. The first kappa shape index (κ1) is 14.3. The van der Waals surface area contributed by atoms with Crippen molar-refractivity contribution < 1.29 is 19.4 Å². The van der Waals surface area contributed by atoms with Gasteiger partial charge < -0.3 is 14.7 Å². The van der Waals surface area contributed by atoms with Crippen molar-refractivity contribution in [3.63, 3.8) is 0 Å². The SMILES string of the molecule is O=C(O)C1COCCN1C(=O)CCCC1CCCC1. The number of carboxylic acids is 1. The molecule has 5 nitrogen and oxygen atoms in total. The number of aliphatic carboxylic acids is 1. The van der Waals surface area contributed by atoms with Crippen molar-refractivity contribution in [3.05, 3.63) is 0 Å². The van der Waals surface area contributed by atoms with Crippen LogP contribution in [0.2, 0.25) is 0 Å². The maximum atomic E-state index is 12.1. The maximum absolute atomic E-state index is 12.1. The smallest absolute Gasteiger partial charge is 0.328 e. The van der Waals surface area contributed by atoms with E-state index in [0.717, 1.165) is 18.8 Å². The Balaban J connectivity index is 1.75. The average molecular weight is 269 g/mol. The third-order valence-corrected chi connectivity index (χ3v) is 4.21. The molecule has 0 spiro atoms. The number of hydrogen-bond donors (Lipinski definition) is 1. The van der Waals surface area contributed by atoms with Gasteiger partial charge in [-0.05, 0) is 18.8 Å². The van der Waals surface area contributed by atoms with E-state index in [1.54, 1.807) is 0 Å². The molecular weight excluding hydrogens is 246 g/mol. The van der Waals surface area contributed by atoms with Crippen molar-refractivity contribution in [2.24, 2.45) is 5.92 Å². The van der Waals surface area contributed by atoms with E-state index in [-0.39, 0.29) is 12.5 Å². The number of carbonyl (C=O) groups is 2. The molecule has 1 aliphatic carbocycles. The summed E-state index contributed by atoms with van der Waals surface area (Å²) in [4.78, 5) is 24.6. The first-order valence-electron chi connectivity index (χ1n) is 7.28. The molecule has 1 unspecified atom stereocenters. The number of carboxylic acid groups (broad SMARTS) is 1. The predicted octanol–water partition coefficient (Wildman–Crippen LogP) is 1.66. The topological polar surface area (TPSA) is 66.8 Å². The highest BCUT2D eigenvalue weighted by Gasteiger charge is 2.32. The Morgan fingerprint density at radius 3 is 2.68 bits per heavy atom. The number of hydrogen-bond acceptors (Lipinski definition) is 3. The van der Waals surface area contributed by atoms with E-state index in [4.69, 9.17) is 9.84 Å². The van der Waals surface area contributed by atoms with E-state index in [0.29, 0.717) is 19.6 Å². The summed E-state index contributed by atoms with van der Waals surface area (Å²) in [5, 5.41) is 9.08. The largest absolute Gasteiger partial charge is 0.480 e. The van der Waals surface area contributed by atoms with Gasteiger partial charge in [0.2, 0.25) is 5.91 Å². The highest BCUT2D eigenvalue weighted by molar-refractivity contribution is 5.83. The summed E-state index contributed by atoms with van der Waals surface area (Å²) >= 11 is 0. The molecule has 0 bridgehead atoms.